The van der Waals surface area contributed by atoms with Gasteiger partial charge in [-0.2, -0.15) is 0 Å². The first-order chi connectivity index (χ1) is 9.30. The molecule has 0 amide bonds. The first kappa shape index (κ1) is 17.5. The molecule has 0 aromatic heterocycles. The van der Waals surface area contributed by atoms with Crippen LogP contribution in [0.3, 0.4) is 0 Å². The molecule has 1 aromatic carbocycles. The number of nitrogens with one attached hydrogen (secondary N) is 2. The number of halogens is 1. The van der Waals surface area contributed by atoms with Gasteiger partial charge in [0.2, 0.25) is 10.0 Å². The van der Waals surface area contributed by atoms with Gasteiger partial charge >= 0.3 is 0 Å². The molecule has 4 nitrogen and oxygen atoms in total. The van der Waals surface area contributed by atoms with Crippen molar-refractivity contribution in [3.8, 4) is 0 Å². The fraction of sp³-hybridized carbons (Fsp3) is 0.571. The normalized spacial score (nSPS) is 11.8. The largest absolute Gasteiger partial charge is 0.315 e. The average Bonchev–Trinajstić information content (AvgIpc) is 2.32. The predicted molar refractivity (Wildman–Crippen MR) is 88.7 cm³/mol. The molecule has 0 aliphatic rings. The van der Waals surface area contributed by atoms with Gasteiger partial charge < -0.3 is 5.32 Å². The molecular formula is C14H23BrN2O2S. The lowest BCUT2D eigenvalue weighted by Crippen LogP contribution is -2.24. The molecule has 0 aliphatic heterocycles. The molecule has 0 fully saturated rings. The molecule has 0 saturated carbocycles. The Hall–Kier alpha value is -0.590. The Morgan fingerprint density at radius 1 is 1.25 bits per heavy atom. The fourth-order valence-corrected chi connectivity index (χ4v) is 3.49. The molecule has 0 radical (unpaired) electrons. The Bertz CT molecular complexity index is 530. The van der Waals surface area contributed by atoms with Crippen molar-refractivity contribution < 1.29 is 8.42 Å². The van der Waals surface area contributed by atoms with E-state index in [1.165, 1.54) is 0 Å². The van der Waals surface area contributed by atoms with Crippen LogP contribution in [0.2, 0.25) is 0 Å². The highest BCUT2D eigenvalue weighted by atomic mass is 79.9. The molecule has 0 saturated heterocycles. The van der Waals surface area contributed by atoms with E-state index in [9.17, 15) is 8.42 Å². The zero-order valence-electron chi connectivity index (χ0n) is 12.2. The summed E-state index contributed by atoms with van der Waals surface area (Å²) in [7, 11) is -3.26. The van der Waals surface area contributed by atoms with Gasteiger partial charge in [0.05, 0.1) is 11.4 Å². The zero-order chi connectivity index (χ0) is 15.2. The maximum Gasteiger partial charge on any atom is 0.232 e. The summed E-state index contributed by atoms with van der Waals surface area (Å²) >= 11 is 3.36. The standard InChI is InChI=1S/C14H23BrN2O2S/c1-11(2)16-8-4-5-9-20(18,19)17-14-7-6-13(15)10-12(14)3/h6-7,10-11,16-17H,4-5,8-9H2,1-3H3. The lowest BCUT2D eigenvalue weighted by atomic mass is 10.2. The molecule has 2 N–H and O–H groups in total. The van der Waals surface area contributed by atoms with Crippen LogP contribution in [-0.2, 0) is 10.0 Å². The predicted octanol–water partition coefficient (Wildman–Crippen LogP) is 3.28. The third-order valence-electron chi connectivity index (χ3n) is 2.85. The minimum Gasteiger partial charge on any atom is -0.315 e. The Balaban J connectivity index is 2.45. The van der Waals surface area contributed by atoms with Gasteiger partial charge in [-0.05, 0) is 50.1 Å². The second kappa shape index (κ2) is 8.00. The van der Waals surface area contributed by atoms with Gasteiger partial charge in [0.1, 0.15) is 0 Å². The first-order valence-electron chi connectivity index (χ1n) is 6.80. The summed E-state index contributed by atoms with van der Waals surface area (Å²) in [6, 6.07) is 5.94. The zero-order valence-corrected chi connectivity index (χ0v) is 14.6. The molecule has 1 aromatic rings. The van der Waals surface area contributed by atoms with E-state index in [1.807, 2.05) is 19.1 Å². The summed E-state index contributed by atoms with van der Waals surface area (Å²) in [5.74, 6) is 0.155. The minimum absolute atomic E-state index is 0.155. The number of hydrogen-bond acceptors (Lipinski definition) is 3. The van der Waals surface area contributed by atoms with Crippen molar-refractivity contribution in [1.82, 2.24) is 5.32 Å². The van der Waals surface area contributed by atoms with Crippen LogP contribution in [0, 0.1) is 6.92 Å². The molecule has 0 unspecified atom stereocenters. The minimum atomic E-state index is -3.26. The molecule has 0 aliphatic carbocycles. The third-order valence-corrected chi connectivity index (χ3v) is 4.70. The van der Waals surface area contributed by atoms with Crippen LogP contribution in [0.1, 0.15) is 32.3 Å². The van der Waals surface area contributed by atoms with Crippen molar-refractivity contribution in [3.05, 3.63) is 28.2 Å². The Morgan fingerprint density at radius 3 is 2.55 bits per heavy atom. The van der Waals surface area contributed by atoms with E-state index < -0.39 is 10.0 Å². The first-order valence-corrected chi connectivity index (χ1v) is 9.25. The summed E-state index contributed by atoms with van der Waals surface area (Å²) < 4.78 is 27.6. The second-order valence-corrected chi connectivity index (χ2v) is 7.95. The van der Waals surface area contributed by atoms with E-state index in [4.69, 9.17) is 0 Å². The highest BCUT2D eigenvalue weighted by molar-refractivity contribution is 9.10. The van der Waals surface area contributed by atoms with Gasteiger partial charge in [-0.25, -0.2) is 8.42 Å². The van der Waals surface area contributed by atoms with E-state index in [-0.39, 0.29) is 5.75 Å². The van der Waals surface area contributed by atoms with E-state index in [1.54, 1.807) is 6.07 Å². The van der Waals surface area contributed by atoms with E-state index in [2.05, 4.69) is 39.8 Å². The van der Waals surface area contributed by atoms with Gasteiger partial charge in [-0.15, -0.1) is 0 Å². The molecule has 20 heavy (non-hydrogen) atoms. The number of hydrogen-bond donors (Lipinski definition) is 2. The fourth-order valence-electron chi connectivity index (χ4n) is 1.77. The quantitative estimate of drug-likeness (QED) is 0.697. The highest BCUT2D eigenvalue weighted by Gasteiger charge is 2.11. The average molecular weight is 363 g/mol. The molecule has 0 atom stereocenters. The molecule has 114 valence electrons. The Kier molecular flexibility index (Phi) is 6.99. The van der Waals surface area contributed by atoms with Crippen molar-refractivity contribution in [2.45, 2.75) is 39.7 Å². The maximum absolute atomic E-state index is 12.0. The van der Waals surface area contributed by atoms with Crippen molar-refractivity contribution in [2.75, 3.05) is 17.0 Å². The maximum atomic E-state index is 12.0. The topological polar surface area (TPSA) is 58.2 Å². The number of aryl methyl sites for hydroxylation is 1. The van der Waals surface area contributed by atoms with Gasteiger partial charge in [-0.1, -0.05) is 29.8 Å². The summed E-state index contributed by atoms with van der Waals surface area (Å²) in [5, 5.41) is 3.28. The van der Waals surface area contributed by atoms with Gasteiger partial charge in [0.25, 0.3) is 0 Å². The molecule has 6 heteroatoms. The molecule has 1 rings (SSSR count). The van der Waals surface area contributed by atoms with Crippen LogP contribution in [0.4, 0.5) is 5.69 Å². The number of sulfonamides is 1. The van der Waals surface area contributed by atoms with Crippen LogP contribution in [-0.4, -0.2) is 26.8 Å². The van der Waals surface area contributed by atoms with Crippen LogP contribution in [0.5, 0.6) is 0 Å². The van der Waals surface area contributed by atoms with Crippen molar-refractivity contribution in [3.63, 3.8) is 0 Å². The summed E-state index contributed by atoms with van der Waals surface area (Å²) in [6.07, 6.45) is 1.52. The lowest BCUT2D eigenvalue weighted by molar-refractivity contribution is 0.561. The van der Waals surface area contributed by atoms with Gasteiger partial charge in [0.15, 0.2) is 0 Å². The van der Waals surface area contributed by atoms with Crippen LogP contribution >= 0.6 is 15.9 Å². The van der Waals surface area contributed by atoms with Crippen molar-refractivity contribution in [1.29, 1.82) is 0 Å². The SMILES string of the molecule is Cc1cc(Br)ccc1NS(=O)(=O)CCCCNC(C)C. The third kappa shape index (κ3) is 6.72. The van der Waals surface area contributed by atoms with Crippen LogP contribution in [0.25, 0.3) is 0 Å². The summed E-state index contributed by atoms with van der Waals surface area (Å²) in [4.78, 5) is 0. The van der Waals surface area contributed by atoms with E-state index in [0.717, 1.165) is 23.0 Å². The molecular weight excluding hydrogens is 340 g/mol. The number of rotatable bonds is 8. The van der Waals surface area contributed by atoms with Gasteiger partial charge in [0, 0.05) is 10.5 Å². The molecule has 0 bridgehead atoms. The smallest absolute Gasteiger partial charge is 0.232 e. The Labute approximate surface area is 130 Å². The van der Waals surface area contributed by atoms with Crippen LogP contribution in [0.15, 0.2) is 22.7 Å². The number of anilines is 1. The highest BCUT2D eigenvalue weighted by Crippen LogP contribution is 2.21. The van der Waals surface area contributed by atoms with Crippen molar-refractivity contribution in [2.24, 2.45) is 0 Å². The molecule has 0 heterocycles. The van der Waals surface area contributed by atoms with E-state index >= 15 is 0 Å². The Morgan fingerprint density at radius 2 is 1.95 bits per heavy atom. The van der Waals surface area contributed by atoms with Crippen LogP contribution < -0.4 is 10.0 Å². The van der Waals surface area contributed by atoms with Gasteiger partial charge in [-0.3, -0.25) is 4.72 Å². The number of unbranched alkanes of at least 4 members (excludes halogenated alkanes) is 1. The summed E-state index contributed by atoms with van der Waals surface area (Å²) in [5.41, 5.74) is 1.55. The monoisotopic (exact) mass is 362 g/mol. The lowest BCUT2D eigenvalue weighted by Gasteiger charge is -2.11. The van der Waals surface area contributed by atoms with Crippen molar-refractivity contribution >= 4 is 31.6 Å². The van der Waals surface area contributed by atoms with E-state index in [0.29, 0.717) is 18.2 Å². The molecule has 0 spiro atoms. The number of benzene rings is 1. The summed E-state index contributed by atoms with van der Waals surface area (Å²) in [6.45, 7) is 6.89. The second-order valence-electron chi connectivity index (χ2n) is 5.20.